The second-order valence-corrected chi connectivity index (χ2v) is 10.7. The maximum absolute atomic E-state index is 8.47. The Morgan fingerprint density at radius 3 is 1.51 bits per heavy atom. The summed E-state index contributed by atoms with van der Waals surface area (Å²) in [6.45, 7) is 0. The highest BCUT2D eigenvalue weighted by Gasteiger charge is 2.18. The summed E-state index contributed by atoms with van der Waals surface area (Å²) in [4.78, 5) is 4.05. The first-order chi connectivity index (χ1) is 22.0. The van der Waals surface area contributed by atoms with Crippen LogP contribution in [0.5, 0.6) is 0 Å². The first-order valence-electron chi connectivity index (χ1n) is 14.7. The van der Waals surface area contributed by atoms with Crippen LogP contribution in [0.15, 0.2) is 170 Å². The summed E-state index contributed by atoms with van der Waals surface area (Å²) >= 11 is 0. The van der Waals surface area contributed by atoms with Crippen molar-refractivity contribution in [3.63, 3.8) is 0 Å². The minimum Gasteiger partial charge on any atom is -0.399 e. The van der Waals surface area contributed by atoms with E-state index >= 15 is 0 Å². The van der Waals surface area contributed by atoms with Gasteiger partial charge in [-0.3, -0.25) is 15.8 Å². The van der Waals surface area contributed by atoms with E-state index in [1.807, 2.05) is 97.2 Å². The maximum Gasteiger partial charge on any atom is 0.0867 e. The molecule has 0 saturated heterocycles. The highest BCUT2D eigenvalue weighted by Crippen LogP contribution is 2.31. The van der Waals surface area contributed by atoms with Crippen molar-refractivity contribution in [2.75, 3.05) is 5.73 Å². The lowest BCUT2D eigenvalue weighted by atomic mass is 9.87. The lowest BCUT2D eigenvalue weighted by Crippen LogP contribution is -2.15. The molecular weight excluding hydrogens is 548 g/mol. The van der Waals surface area contributed by atoms with Gasteiger partial charge < -0.3 is 5.73 Å². The third-order valence-corrected chi connectivity index (χ3v) is 7.65. The number of benzene rings is 5. The van der Waals surface area contributed by atoms with E-state index in [0.717, 1.165) is 50.2 Å². The highest BCUT2D eigenvalue weighted by molar-refractivity contribution is 6.61. The number of nitrogens with one attached hydrogen (secondary N) is 2. The molecule has 0 atom stereocenters. The van der Waals surface area contributed by atoms with Crippen molar-refractivity contribution >= 4 is 28.3 Å². The number of nitrogens with two attached hydrogens (primary N) is 1. The van der Waals surface area contributed by atoms with Crippen molar-refractivity contribution in [1.82, 2.24) is 4.98 Å². The quantitative estimate of drug-likeness (QED) is 0.140. The van der Waals surface area contributed by atoms with Crippen molar-refractivity contribution in [3.05, 3.63) is 181 Å². The number of rotatable bonds is 5. The molecule has 1 aliphatic rings. The molecule has 1 heterocycles. The maximum atomic E-state index is 8.47. The first-order valence-corrected chi connectivity index (χ1v) is 14.7. The van der Waals surface area contributed by atoms with Crippen LogP contribution < -0.4 is 5.73 Å². The Bertz CT molecular complexity index is 1990. The van der Waals surface area contributed by atoms with Crippen LogP contribution >= 0.6 is 0 Å². The molecule has 0 bridgehead atoms. The summed E-state index contributed by atoms with van der Waals surface area (Å²) in [6.07, 6.45) is 7.39. The molecule has 4 nitrogen and oxygen atoms in total. The lowest BCUT2D eigenvalue weighted by molar-refractivity contribution is 1.33. The van der Waals surface area contributed by atoms with E-state index in [1.165, 1.54) is 11.1 Å². The predicted octanol–water partition coefficient (Wildman–Crippen LogP) is 9.87. The first kappa shape index (κ1) is 29.0. The van der Waals surface area contributed by atoms with Gasteiger partial charge >= 0.3 is 0 Å². The van der Waals surface area contributed by atoms with Crippen LogP contribution in [0.2, 0.25) is 0 Å². The Balaban J connectivity index is 0.000000229. The summed E-state index contributed by atoms with van der Waals surface area (Å²) in [5, 5.41) is 16.8. The zero-order valence-corrected chi connectivity index (χ0v) is 24.7. The molecule has 5 aromatic carbocycles. The fraction of sp³-hybridized carbons (Fsp3) is 0. The molecule has 4 heteroatoms. The number of aromatic nitrogens is 1. The van der Waals surface area contributed by atoms with Gasteiger partial charge in [0.2, 0.25) is 0 Å². The van der Waals surface area contributed by atoms with Gasteiger partial charge in [-0.15, -0.1) is 0 Å². The SMILES string of the molecule is N=C1C=C(c2ccc(-c3ccccc3)cc2)C=C(c2ccc(-c3ccccc3)cc2)C1=N.Nc1cccc(-c2cccnc2)c1. The molecule has 7 rings (SSSR count). The summed E-state index contributed by atoms with van der Waals surface area (Å²) in [5.41, 5.74) is 17.5. The zero-order chi connectivity index (χ0) is 31.0. The summed E-state index contributed by atoms with van der Waals surface area (Å²) in [7, 11) is 0. The largest absolute Gasteiger partial charge is 0.399 e. The van der Waals surface area contributed by atoms with Gasteiger partial charge in [-0.1, -0.05) is 127 Å². The Morgan fingerprint density at radius 1 is 0.444 bits per heavy atom. The average Bonchev–Trinajstić information content (AvgIpc) is 3.11. The van der Waals surface area contributed by atoms with Gasteiger partial charge in [-0.25, -0.2) is 0 Å². The van der Waals surface area contributed by atoms with E-state index in [9.17, 15) is 0 Å². The monoisotopic (exact) mass is 580 g/mol. The van der Waals surface area contributed by atoms with Crippen LogP contribution in [0.3, 0.4) is 0 Å². The van der Waals surface area contributed by atoms with Crippen molar-refractivity contribution in [3.8, 4) is 33.4 Å². The number of nitrogens with zero attached hydrogens (tertiary/aromatic N) is 1. The number of pyridine rings is 1. The molecule has 0 unspecified atom stereocenters. The topological polar surface area (TPSA) is 86.6 Å². The Morgan fingerprint density at radius 2 is 0.956 bits per heavy atom. The van der Waals surface area contributed by atoms with Gasteiger partial charge in [-0.2, -0.15) is 0 Å². The molecule has 0 saturated carbocycles. The smallest absolute Gasteiger partial charge is 0.0867 e. The predicted molar refractivity (Wildman–Crippen MR) is 189 cm³/mol. The van der Waals surface area contributed by atoms with E-state index in [1.54, 1.807) is 12.3 Å². The molecule has 216 valence electrons. The molecule has 1 aromatic heterocycles. The Kier molecular flexibility index (Phi) is 8.66. The lowest BCUT2D eigenvalue weighted by Gasteiger charge is -2.17. The van der Waals surface area contributed by atoms with Crippen LogP contribution in [-0.2, 0) is 0 Å². The number of hydrogen-bond donors (Lipinski definition) is 3. The minimum absolute atomic E-state index is 0.233. The number of nitrogen functional groups attached to an aromatic ring is 1. The van der Waals surface area contributed by atoms with Gasteiger partial charge in [0.15, 0.2) is 0 Å². The number of anilines is 1. The number of allylic oxidation sites excluding steroid dienone is 4. The van der Waals surface area contributed by atoms with Crippen molar-refractivity contribution in [1.29, 1.82) is 10.8 Å². The fourth-order valence-corrected chi connectivity index (χ4v) is 5.25. The zero-order valence-electron chi connectivity index (χ0n) is 24.7. The van der Waals surface area contributed by atoms with Gasteiger partial charge in [-0.05, 0) is 74.9 Å². The van der Waals surface area contributed by atoms with Crippen molar-refractivity contribution in [2.24, 2.45) is 0 Å². The second-order valence-electron chi connectivity index (χ2n) is 10.7. The number of hydrogen-bond acceptors (Lipinski definition) is 4. The molecule has 1 aliphatic carbocycles. The normalized spacial score (nSPS) is 12.4. The fourth-order valence-electron chi connectivity index (χ4n) is 5.25. The third-order valence-electron chi connectivity index (χ3n) is 7.65. The van der Waals surface area contributed by atoms with E-state index < -0.39 is 0 Å². The molecule has 0 amide bonds. The van der Waals surface area contributed by atoms with E-state index in [4.69, 9.17) is 16.6 Å². The molecular formula is C41H32N4. The van der Waals surface area contributed by atoms with Crippen LogP contribution in [0, 0.1) is 10.8 Å². The van der Waals surface area contributed by atoms with E-state index in [2.05, 4.69) is 65.6 Å². The summed E-state index contributed by atoms with van der Waals surface area (Å²) in [6, 6.07) is 48.9. The second kappa shape index (κ2) is 13.4. The standard InChI is InChI=1S/C30H22N2.C11H10N2/c31-29-20-27(25-13-11-23(12-14-25)21-7-3-1-4-8-21)19-28(30(29)32)26-17-15-24(16-18-26)22-9-5-2-6-10-22;12-11-5-1-3-9(7-11)10-4-2-6-13-8-10/h1-20,31-32H;1-8H,12H2. The van der Waals surface area contributed by atoms with Gasteiger partial charge in [0.05, 0.1) is 11.4 Å². The van der Waals surface area contributed by atoms with E-state index in [0.29, 0.717) is 0 Å². The van der Waals surface area contributed by atoms with Crippen LogP contribution in [0.25, 0.3) is 44.5 Å². The summed E-state index contributed by atoms with van der Waals surface area (Å²) < 4.78 is 0. The van der Waals surface area contributed by atoms with Gasteiger partial charge in [0, 0.05) is 29.2 Å². The van der Waals surface area contributed by atoms with Gasteiger partial charge in [0.25, 0.3) is 0 Å². The molecule has 0 fully saturated rings. The van der Waals surface area contributed by atoms with Crippen LogP contribution in [-0.4, -0.2) is 16.4 Å². The van der Waals surface area contributed by atoms with E-state index in [-0.39, 0.29) is 11.4 Å². The molecule has 0 radical (unpaired) electrons. The minimum atomic E-state index is 0.233. The van der Waals surface area contributed by atoms with Crippen molar-refractivity contribution in [2.45, 2.75) is 0 Å². The Labute approximate surface area is 263 Å². The van der Waals surface area contributed by atoms with Crippen LogP contribution in [0.1, 0.15) is 11.1 Å². The average molecular weight is 581 g/mol. The summed E-state index contributed by atoms with van der Waals surface area (Å²) in [5.74, 6) is 0. The highest BCUT2D eigenvalue weighted by atomic mass is 14.6. The van der Waals surface area contributed by atoms with Gasteiger partial charge in [0.1, 0.15) is 0 Å². The third kappa shape index (κ3) is 6.93. The molecule has 6 aromatic rings. The van der Waals surface area contributed by atoms with Crippen LogP contribution in [0.4, 0.5) is 5.69 Å². The molecule has 45 heavy (non-hydrogen) atoms. The molecule has 0 spiro atoms. The molecule has 4 N–H and O–H groups in total. The Hall–Kier alpha value is -6.13. The van der Waals surface area contributed by atoms with Crippen molar-refractivity contribution < 1.29 is 0 Å². The molecule has 0 aliphatic heterocycles.